The fourth-order valence-corrected chi connectivity index (χ4v) is 2.80. The van der Waals surface area contributed by atoms with Crippen molar-refractivity contribution < 1.29 is 18.3 Å². The summed E-state index contributed by atoms with van der Waals surface area (Å²) in [5.41, 5.74) is -0.0690. The Kier molecular flexibility index (Phi) is 4.66. The number of rotatable bonds is 7. The molecular weight excluding hydrogens is 296 g/mol. The number of carboxylic acids is 1. The van der Waals surface area contributed by atoms with Crippen molar-refractivity contribution in [2.24, 2.45) is 0 Å². The molecule has 0 saturated carbocycles. The fourth-order valence-electron chi connectivity index (χ4n) is 1.68. The van der Waals surface area contributed by atoms with Crippen molar-refractivity contribution in [2.75, 3.05) is 6.54 Å². The Morgan fingerprint density at radius 1 is 1.38 bits per heavy atom. The van der Waals surface area contributed by atoms with Crippen molar-refractivity contribution in [1.29, 1.82) is 0 Å². The molecule has 0 saturated heterocycles. The number of aryl methyl sites for hydroxylation is 1. The van der Waals surface area contributed by atoms with Crippen LogP contribution in [0.25, 0.3) is 0 Å². The quantitative estimate of drug-likeness (QED) is 0.713. The van der Waals surface area contributed by atoms with Gasteiger partial charge in [0.05, 0.1) is 16.7 Å². The van der Waals surface area contributed by atoms with Gasteiger partial charge in [0.25, 0.3) is 0 Å². The molecule has 1 heterocycles. The summed E-state index contributed by atoms with van der Waals surface area (Å²) in [4.78, 5) is 10.8. The molecule has 0 fully saturated rings. The van der Waals surface area contributed by atoms with E-state index >= 15 is 0 Å². The molecule has 0 aliphatic heterocycles. The average Bonchev–Trinajstić information content (AvgIpc) is 2.97. The van der Waals surface area contributed by atoms with Gasteiger partial charge in [0.1, 0.15) is 0 Å². The zero-order valence-corrected chi connectivity index (χ0v) is 11.8. The third kappa shape index (κ3) is 4.10. The fraction of sp³-hybridized carbons (Fsp3) is 0.250. The number of hydrogen-bond donors (Lipinski definition) is 2. The Morgan fingerprint density at radius 2 is 2.19 bits per heavy atom. The first-order valence-electron chi connectivity index (χ1n) is 6.16. The van der Waals surface area contributed by atoms with E-state index in [0.29, 0.717) is 13.0 Å². The maximum atomic E-state index is 12.0. The van der Waals surface area contributed by atoms with E-state index in [1.807, 2.05) is 0 Å². The van der Waals surface area contributed by atoms with Gasteiger partial charge >= 0.3 is 5.97 Å². The molecule has 112 valence electrons. The van der Waals surface area contributed by atoms with Gasteiger partial charge in [-0.25, -0.2) is 17.9 Å². The number of sulfonamides is 1. The first-order valence-corrected chi connectivity index (χ1v) is 7.64. The van der Waals surface area contributed by atoms with E-state index in [4.69, 9.17) is 5.11 Å². The van der Waals surface area contributed by atoms with Gasteiger partial charge in [-0.1, -0.05) is 11.3 Å². The number of benzene rings is 1. The normalized spacial score (nSPS) is 11.4. The molecule has 2 N–H and O–H groups in total. The van der Waals surface area contributed by atoms with Gasteiger partial charge in [0.2, 0.25) is 10.0 Å². The van der Waals surface area contributed by atoms with Crippen LogP contribution in [0.5, 0.6) is 0 Å². The van der Waals surface area contributed by atoms with Gasteiger partial charge in [0, 0.05) is 19.3 Å². The van der Waals surface area contributed by atoms with Crippen LogP contribution in [0.2, 0.25) is 0 Å². The van der Waals surface area contributed by atoms with Crippen LogP contribution in [0.4, 0.5) is 0 Å². The molecule has 0 radical (unpaired) electrons. The molecular formula is C12H14N4O4S. The summed E-state index contributed by atoms with van der Waals surface area (Å²) in [5.74, 6) is -1.17. The van der Waals surface area contributed by atoms with E-state index in [9.17, 15) is 13.2 Å². The summed E-state index contributed by atoms with van der Waals surface area (Å²) in [6.45, 7) is 0.761. The molecule has 0 bridgehead atoms. The second kappa shape index (κ2) is 6.46. The van der Waals surface area contributed by atoms with E-state index < -0.39 is 16.0 Å². The van der Waals surface area contributed by atoms with Gasteiger partial charge < -0.3 is 5.11 Å². The molecule has 9 heteroatoms. The van der Waals surface area contributed by atoms with Crippen molar-refractivity contribution in [3.8, 4) is 0 Å². The molecule has 2 rings (SSSR count). The van der Waals surface area contributed by atoms with Gasteiger partial charge in [0.15, 0.2) is 0 Å². The van der Waals surface area contributed by atoms with E-state index in [1.54, 1.807) is 17.1 Å². The van der Waals surface area contributed by atoms with Crippen LogP contribution in [0, 0.1) is 0 Å². The molecule has 0 atom stereocenters. The highest BCUT2D eigenvalue weighted by Crippen LogP contribution is 2.11. The molecule has 0 amide bonds. The van der Waals surface area contributed by atoms with Crippen LogP contribution in [0.3, 0.4) is 0 Å². The van der Waals surface area contributed by atoms with E-state index in [1.165, 1.54) is 18.2 Å². The van der Waals surface area contributed by atoms with E-state index in [-0.39, 0.29) is 17.0 Å². The van der Waals surface area contributed by atoms with Crippen LogP contribution in [0.1, 0.15) is 16.8 Å². The lowest BCUT2D eigenvalue weighted by Crippen LogP contribution is -2.25. The minimum absolute atomic E-state index is 0.0665. The topological polar surface area (TPSA) is 114 Å². The van der Waals surface area contributed by atoms with E-state index in [2.05, 4.69) is 15.0 Å². The number of nitrogens with one attached hydrogen (secondary N) is 1. The number of carboxylic acid groups (broad SMARTS) is 1. The Morgan fingerprint density at radius 3 is 2.86 bits per heavy atom. The van der Waals surface area contributed by atoms with Crippen molar-refractivity contribution in [3.05, 3.63) is 42.2 Å². The zero-order valence-electron chi connectivity index (χ0n) is 11.0. The second-order valence-corrected chi connectivity index (χ2v) is 6.02. The van der Waals surface area contributed by atoms with Crippen LogP contribution in [0.15, 0.2) is 41.6 Å². The molecule has 0 aliphatic carbocycles. The highest BCUT2D eigenvalue weighted by atomic mass is 32.2. The lowest BCUT2D eigenvalue weighted by atomic mass is 10.2. The number of aromatic carboxylic acids is 1. The Labute approximate surface area is 121 Å². The Bertz CT molecular complexity index is 713. The highest BCUT2D eigenvalue weighted by molar-refractivity contribution is 7.89. The molecule has 2 aromatic rings. The molecule has 21 heavy (non-hydrogen) atoms. The maximum Gasteiger partial charge on any atom is 0.335 e. The predicted octanol–water partition coefficient (Wildman–Crippen LogP) is 0.345. The SMILES string of the molecule is O=C(O)c1cccc(S(=O)(=O)NCCCn2ccnn2)c1. The first-order chi connectivity index (χ1) is 9.99. The van der Waals surface area contributed by atoms with Gasteiger partial charge in [-0.05, 0) is 24.6 Å². The third-order valence-electron chi connectivity index (χ3n) is 2.72. The lowest BCUT2D eigenvalue weighted by Gasteiger charge is -2.07. The molecule has 1 aromatic carbocycles. The predicted molar refractivity (Wildman–Crippen MR) is 73.2 cm³/mol. The van der Waals surface area contributed by atoms with Crippen LogP contribution in [-0.4, -0.2) is 41.0 Å². The summed E-state index contributed by atoms with van der Waals surface area (Å²) >= 11 is 0. The Balaban J connectivity index is 1.95. The summed E-state index contributed by atoms with van der Waals surface area (Å²) in [6, 6.07) is 5.22. The van der Waals surface area contributed by atoms with Crippen LogP contribution in [-0.2, 0) is 16.6 Å². The minimum atomic E-state index is -3.72. The van der Waals surface area contributed by atoms with Crippen molar-refractivity contribution in [1.82, 2.24) is 19.7 Å². The maximum absolute atomic E-state index is 12.0. The summed E-state index contributed by atoms with van der Waals surface area (Å²) in [5, 5.41) is 16.3. The summed E-state index contributed by atoms with van der Waals surface area (Å²) < 4.78 is 28.1. The van der Waals surface area contributed by atoms with Crippen molar-refractivity contribution in [3.63, 3.8) is 0 Å². The monoisotopic (exact) mass is 310 g/mol. The highest BCUT2D eigenvalue weighted by Gasteiger charge is 2.15. The molecule has 0 aliphatic rings. The standard InChI is InChI=1S/C12H14N4O4S/c17-12(18)10-3-1-4-11(9-10)21(19,20)14-5-2-7-16-8-6-13-15-16/h1,3-4,6,8-9,14H,2,5,7H2,(H,17,18). The smallest absolute Gasteiger partial charge is 0.335 e. The minimum Gasteiger partial charge on any atom is -0.478 e. The number of aromatic nitrogens is 3. The Hall–Kier alpha value is -2.26. The summed E-state index contributed by atoms with van der Waals surface area (Å²) in [6.07, 6.45) is 3.77. The van der Waals surface area contributed by atoms with Crippen molar-refractivity contribution >= 4 is 16.0 Å². The molecule has 1 aromatic heterocycles. The van der Waals surface area contributed by atoms with Gasteiger partial charge in [-0.2, -0.15) is 0 Å². The van der Waals surface area contributed by atoms with Crippen LogP contribution >= 0.6 is 0 Å². The van der Waals surface area contributed by atoms with E-state index in [0.717, 1.165) is 6.07 Å². The second-order valence-electron chi connectivity index (χ2n) is 4.25. The molecule has 8 nitrogen and oxygen atoms in total. The average molecular weight is 310 g/mol. The zero-order chi connectivity index (χ0) is 15.3. The number of nitrogens with zero attached hydrogens (tertiary/aromatic N) is 3. The summed E-state index contributed by atoms with van der Waals surface area (Å²) in [7, 11) is -3.72. The van der Waals surface area contributed by atoms with Crippen LogP contribution < -0.4 is 4.72 Å². The van der Waals surface area contributed by atoms with Crippen molar-refractivity contribution in [2.45, 2.75) is 17.9 Å². The van der Waals surface area contributed by atoms with Gasteiger partial charge in [-0.15, -0.1) is 5.10 Å². The number of hydrogen-bond acceptors (Lipinski definition) is 5. The molecule has 0 unspecified atom stereocenters. The lowest BCUT2D eigenvalue weighted by molar-refractivity contribution is 0.0696. The van der Waals surface area contributed by atoms with Gasteiger partial charge in [-0.3, -0.25) is 4.68 Å². The third-order valence-corrected chi connectivity index (χ3v) is 4.18. The largest absolute Gasteiger partial charge is 0.478 e. The number of carbonyl (C=O) groups is 1. The first kappa shape index (κ1) is 15.1. The molecule has 0 spiro atoms.